The Balaban J connectivity index is 2.24. The van der Waals surface area contributed by atoms with Gasteiger partial charge in [0.2, 0.25) is 0 Å². The van der Waals surface area contributed by atoms with E-state index in [1.165, 1.54) is 0 Å². The second kappa shape index (κ2) is 6.81. The summed E-state index contributed by atoms with van der Waals surface area (Å²) in [4.78, 5) is 18.8. The molecule has 0 saturated heterocycles. The molecule has 1 aromatic rings. The van der Waals surface area contributed by atoms with Crippen LogP contribution in [0.2, 0.25) is 0 Å². The highest BCUT2D eigenvalue weighted by atomic mass is 79.9. The smallest absolute Gasteiger partial charge is 0.260 e. The summed E-state index contributed by atoms with van der Waals surface area (Å²) >= 11 is 3.39. The van der Waals surface area contributed by atoms with Gasteiger partial charge in [0.25, 0.3) is 5.91 Å². The van der Waals surface area contributed by atoms with Crippen LogP contribution in [0.5, 0.6) is 0 Å². The Morgan fingerprint density at radius 1 is 1.45 bits per heavy atom. The monoisotopic (exact) mass is 335 g/mol. The molecule has 1 atom stereocenters. The Hall–Kier alpha value is -1.46. The lowest BCUT2D eigenvalue weighted by atomic mass is 10.2. The van der Waals surface area contributed by atoms with E-state index in [-0.39, 0.29) is 12.2 Å². The molecule has 0 aromatic heterocycles. The topological polar surface area (TPSA) is 44.7 Å². The average molecular weight is 336 g/mol. The zero-order valence-electron chi connectivity index (χ0n) is 11.6. The first-order valence-corrected chi connectivity index (χ1v) is 7.51. The number of hydrogen-bond donors (Lipinski definition) is 1. The molecular formula is C15H18BrN3O. The van der Waals surface area contributed by atoms with Crippen molar-refractivity contribution in [2.24, 2.45) is 4.99 Å². The Morgan fingerprint density at radius 3 is 2.90 bits per heavy atom. The summed E-state index contributed by atoms with van der Waals surface area (Å²) in [5, 5.41) is 3.22. The highest BCUT2D eigenvalue weighted by Crippen LogP contribution is 2.17. The molecule has 0 aliphatic carbocycles. The molecule has 106 valence electrons. The van der Waals surface area contributed by atoms with Gasteiger partial charge < -0.3 is 0 Å². The summed E-state index contributed by atoms with van der Waals surface area (Å²) in [7, 11) is 0. The highest BCUT2D eigenvalue weighted by Gasteiger charge is 2.24. The van der Waals surface area contributed by atoms with Crippen LogP contribution in [0.1, 0.15) is 30.6 Å². The number of benzene rings is 1. The fraction of sp³-hybridized carbons (Fsp3) is 0.333. The lowest BCUT2D eigenvalue weighted by Crippen LogP contribution is -2.46. The molecule has 0 radical (unpaired) electrons. The minimum Gasteiger partial charge on any atom is -0.279 e. The van der Waals surface area contributed by atoms with Crippen molar-refractivity contribution < 1.29 is 4.79 Å². The van der Waals surface area contributed by atoms with E-state index in [2.05, 4.69) is 33.2 Å². The molecule has 1 aliphatic heterocycles. The highest BCUT2D eigenvalue weighted by molar-refractivity contribution is 9.10. The molecule has 1 aliphatic rings. The zero-order valence-corrected chi connectivity index (χ0v) is 13.2. The second-order valence-electron chi connectivity index (χ2n) is 4.44. The maximum atomic E-state index is 12.6. The molecule has 1 N–H and O–H groups in total. The van der Waals surface area contributed by atoms with Crippen LogP contribution in [-0.2, 0) is 0 Å². The van der Waals surface area contributed by atoms with E-state index in [0.29, 0.717) is 5.56 Å². The molecule has 1 aromatic carbocycles. The Kier molecular flexibility index (Phi) is 5.09. The molecule has 4 nitrogen and oxygen atoms in total. The predicted octanol–water partition coefficient (Wildman–Crippen LogP) is 3.16. The summed E-state index contributed by atoms with van der Waals surface area (Å²) in [6, 6.07) is 7.38. The number of amides is 1. The van der Waals surface area contributed by atoms with Crippen LogP contribution in [-0.4, -0.2) is 29.4 Å². The number of rotatable bonds is 4. The van der Waals surface area contributed by atoms with Crippen molar-refractivity contribution in [2.75, 3.05) is 6.54 Å². The summed E-state index contributed by atoms with van der Waals surface area (Å²) in [5.41, 5.74) is 1.64. The molecule has 1 amide bonds. The molecule has 1 unspecified atom stereocenters. The average Bonchev–Trinajstić information content (AvgIpc) is 2.47. The van der Waals surface area contributed by atoms with Crippen LogP contribution in [0.3, 0.4) is 0 Å². The molecular weight excluding hydrogens is 318 g/mol. The third-order valence-electron chi connectivity index (χ3n) is 3.03. The number of aliphatic imine (C=N–C) groups is 1. The molecule has 5 heteroatoms. The predicted molar refractivity (Wildman–Crippen MR) is 84.6 cm³/mol. The molecule has 2 rings (SSSR count). The van der Waals surface area contributed by atoms with Crippen LogP contribution in [0.4, 0.5) is 0 Å². The van der Waals surface area contributed by atoms with E-state index in [4.69, 9.17) is 0 Å². The van der Waals surface area contributed by atoms with Gasteiger partial charge in [0.1, 0.15) is 0 Å². The van der Waals surface area contributed by atoms with Crippen molar-refractivity contribution in [1.82, 2.24) is 10.2 Å². The van der Waals surface area contributed by atoms with Crippen molar-refractivity contribution in [3.8, 4) is 0 Å². The standard InChI is InChI=1S/C15H18BrN3O/c1-3-13-8-9-19(15(18-13)17-4-2)14(20)11-6-5-7-12(16)10-11/h5-10,15,17H,3-4H2,1-2H3. The summed E-state index contributed by atoms with van der Waals surface area (Å²) < 4.78 is 0.891. The quantitative estimate of drug-likeness (QED) is 0.918. The first-order valence-electron chi connectivity index (χ1n) is 6.72. The Bertz CT molecular complexity index is 554. The van der Waals surface area contributed by atoms with Gasteiger partial charge in [-0.15, -0.1) is 0 Å². The molecule has 20 heavy (non-hydrogen) atoms. The fourth-order valence-electron chi connectivity index (χ4n) is 2.00. The number of carbonyl (C=O) groups excluding carboxylic acids is 1. The fourth-order valence-corrected chi connectivity index (χ4v) is 2.39. The largest absolute Gasteiger partial charge is 0.279 e. The normalized spacial score (nSPS) is 18.1. The first kappa shape index (κ1) is 14.9. The molecule has 0 bridgehead atoms. The van der Waals surface area contributed by atoms with Crippen molar-refractivity contribution in [1.29, 1.82) is 0 Å². The van der Waals surface area contributed by atoms with Gasteiger partial charge in [0.15, 0.2) is 6.29 Å². The zero-order chi connectivity index (χ0) is 14.5. The van der Waals surface area contributed by atoms with Gasteiger partial charge in [0, 0.05) is 21.9 Å². The number of allylic oxidation sites excluding steroid dienone is 1. The molecule has 0 saturated carbocycles. The van der Waals surface area contributed by atoms with Gasteiger partial charge in [0.05, 0.1) is 0 Å². The Labute approximate surface area is 127 Å². The van der Waals surface area contributed by atoms with Gasteiger partial charge in [-0.3, -0.25) is 15.0 Å². The van der Waals surface area contributed by atoms with E-state index >= 15 is 0 Å². The minimum absolute atomic E-state index is 0.0626. The van der Waals surface area contributed by atoms with Crippen LogP contribution in [0.15, 0.2) is 46.0 Å². The minimum atomic E-state index is -0.327. The number of halogens is 1. The summed E-state index contributed by atoms with van der Waals surface area (Å²) in [6.45, 7) is 4.81. The van der Waals surface area contributed by atoms with Crippen molar-refractivity contribution in [3.05, 3.63) is 46.6 Å². The van der Waals surface area contributed by atoms with Crippen LogP contribution in [0, 0.1) is 0 Å². The van der Waals surface area contributed by atoms with Crippen molar-refractivity contribution in [2.45, 2.75) is 26.6 Å². The summed E-state index contributed by atoms with van der Waals surface area (Å²) in [6.07, 6.45) is 4.23. The van der Waals surface area contributed by atoms with Gasteiger partial charge in [-0.2, -0.15) is 0 Å². The van der Waals surface area contributed by atoms with Gasteiger partial charge in [-0.1, -0.05) is 35.8 Å². The number of carbonyl (C=O) groups is 1. The van der Waals surface area contributed by atoms with E-state index in [9.17, 15) is 4.79 Å². The van der Waals surface area contributed by atoms with E-state index in [0.717, 1.165) is 23.1 Å². The number of nitrogens with zero attached hydrogens (tertiary/aromatic N) is 2. The lowest BCUT2D eigenvalue weighted by molar-refractivity contribution is 0.0748. The van der Waals surface area contributed by atoms with Gasteiger partial charge in [-0.05, 0) is 37.2 Å². The third-order valence-corrected chi connectivity index (χ3v) is 3.53. The van der Waals surface area contributed by atoms with Gasteiger partial charge >= 0.3 is 0 Å². The Morgan fingerprint density at radius 2 is 2.25 bits per heavy atom. The van der Waals surface area contributed by atoms with Crippen LogP contribution >= 0.6 is 15.9 Å². The third kappa shape index (κ3) is 3.35. The maximum Gasteiger partial charge on any atom is 0.260 e. The van der Waals surface area contributed by atoms with E-state index in [1.807, 2.05) is 43.5 Å². The van der Waals surface area contributed by atoms with E-state index < -0.39 is 0 Å². The summed E-state index contributed by atoms with van der Waals surface area (Å²) in [5.74, 6) is -0.0626. The van der Waals surface area contributed by atoms with Gasteiger partial charge in [-0.25, -0.2) is 4.99 Å². The lowest BCUT2D eigenvalue weighted by Gasteiger charge is -2.29. The van der Waals surface area contributed by atoms with E-state index in [1.54, 1.807) is 4.90 Å². The molecule has 1 heterocycles. The second-order valence-corrected chi connectivity index (χ2v) is 5.36. The molecule has 0 fully saturated rings. The van der Waals surface area contributed by atoms with Crippen molar-refractivity contribution in [3.63, 3.8) is 0 Å². The van der Waals surface area contributed by atoms with Crippen LogP contribution < -0.4 is 5.32 Å². The van der Waals surface area contributed by atoms with Crippen molar-refractivity contribution >= 4 is 27.5 Å². The SMILES string of the molecule is CCNC1N=C(CC)C=CN1C(=O)c1cccc(Br)c1. The first-order chi connectivity index (χ1) is 9.65. The van der Waals surface area contributed by atoms with Crippen LogP contribution in [0.25, 0.3) is 0 Å². The number of nitrogens with one attached hydrogen (secondary N) is 1. The number of hydrogen-bond acceptors (Lipinski definition) is 3. The maximum absolute atomic E-state index is 12.6. The molecule has 0 spiro atoms.